The third kappa shape index (κ3) is 5.53. The molecule has 1 unspecified atom stereocenters. The first-order valence-corrected chi connectivity index (χ1v) is 11.1. The first kappa shape index (κ1) is 23.2. The van der Waals surface area contributed by atoms with Gasteiger partial charge in [-0.25, -0.2) is 8.78 Å². The minimum Gasteiger partial charge on any atom is -0.476 e. The number of alkyl halides is 2. The van der Waals surface area contributed by atoms with Gasteiger partial charge in [0.25, 0.3) is 11.5 Å². The Bertz CT molecular complexity index is 1040. The summed E-state index contributed by atoms with van der Waals surface area (Å²) in [5, 5.41) is 10.6. The van der Waals surface area contributed by atoms with E-state index in [1.54, 1.807) is 24.0 Å². The Morgan fingerprint density at radius 3 is 2.85 bits per heavy atom. The van der Waals surface area contributed by atoms with Gasteiger partial charge in [-0.3, -0.25) is 14.5 Å². The van der Waals surface area contributed by atoms with Crippen molar-refractivity contribution in [2.24, 2.45) is 11.7 Å². The average Bonchev–Trinajstić information content (AvgIpc) is 3.63. The summed E-state index contributed by atoms with van der Waals surface area (Å²) in [4.78, 5) is 28.7. The largest absolute Gasteiger partial charge is 0.476 e. The van der Waals surface area contributed by atoms with Crippen molar-refractivity contribution >= 4 is 11.7 Å². The number of carbonyl (C=O) groups excluding carboxylic acids is 1. The van der Waals surface area contributed by atoms with Crippen molar-refractivity contribution in [1.29, 1.82) is 0 Å². The van der Waals surface area contributed by atoms with E-state index in [2.05, 4.69) is 20.5 Å². The van der Waals surface area contributed by atoms with E-state index in [0.29, 0.717) is 24.0 Å². The lowest BCUT2D eigenvalue weighted by molar-refractivity contribution is -0.125. The zero-order chi connectivity index (χ0) is 23.6. The predicted octanol–water partition coefficient (Wildman–Crippen LogP) is 1.86. The summed E-state index contributed by atoms with van der Waals surface area (Å²) in [6.45, 7) is 2.24. The van der Waals surface area contributed by atoms with Crippen LogP contribution in [0, 0.1) is 5.92 Å². The number of halogens is 2. The number of pyridine rings is 1. The summed E-state index contributed by atoms with van der Waals surface area (Å²) in [5.74, 6) is -3.27. The molecule has 2 atom stereocenters. The molecule has 1 saturated heterocycles. The minimum absolute atomic E-state index is 0.0444. The molecule has 2 aromatic rings. The molecule has 178 valence electrons. The molecular formula is C22H28F2N6O3. The topological polar surface area (TPSA) is 126 Å². The van der Waals surface area contributed by atoms with E-state index in [-0.39, 0.29) is 36.9 Å². The van der Waals surface area contributed by atoms with Crippen molar-refractivity contribution in [1.82, 2.24) is 20.1 Å². The Labute approximate surface area is 189 Å². The lowest BCUT2D eigenvalue weighted by atomic mass is 9.86. The second-order valence-corrected chi connectivity index (χ2v) is 8.73. The van der Waals surface area contributed by atoms with Crippen LogP contribution < -0.4 is 21.3 Å². The molecule has 0 aromatic carbocycles. The van der Waals surface area contributed by atoms with Crippen molar-refractivity contribution < 1.29 is 18.3 Å². The highest BCUT2D eigenvalue weighted by Gasteiger charge is 2.46. The second-order valence-electron chi connectivity index (χ2n) is 8.73. The van der Waals surface area contributed by atoms with Crippen molar-refractivity contribution in [3.8, 4) is 5.88 Å². The molecule has 0 bridgehead atoms. The second kappa shape index (κ2) is 9.52. The van der Waals surface area contributed by atoms with Crippen LogP contribution in [-0.2, 0) is 11.3 Å². The van der Waals surface area contributed by atoms with Gasteiger partial charge in [0.2, 0.25) is 11.8 Å². The van der Waals surface area contributed by atoms with Crippen molar-refractivity contribution in [3.05, 3.63) is 45.9 Å². The van der Waals surface area contributed by atoms with Gasteiger partial charge in [0.05, 0.1) is 18.6 Å². The fourth-order valence-electron chi connectivity index (χ4n) is 3.88. The smallest absolute Gasteiger partial charge is 0.257 e. The number of aromatic amines is 1. The summed E-state index contributed by atoms with van der Waals surface area (Å²) in [6.07, 6.45) is 3.23. The van der Waals surface area contributed by atoms with Crippen LogP contribution in [0.2, 0.25) is 0 Å². The Morgan fingerprint density at radius 1 is 1.39 bits per heavy atom. The number of H-pyrrole nitrogens is 1. The van der Waals surface area contributed by atoms with E-state index < -0.39 is 29.9 Å². The van der Waals surface area contributed by atoms with Crippen LogP contribution in [0.3, 0.4) is 0 Å². The zero-order valence-electron chi connectivity index (χ0n) is 18.4. The van der Waals surface area contributed by atoms with Gasteiger partial charge in [0, 0.05) is 43.9 Å². The molecule has 0 spiro atoms. The molecule has 1 saturated carbocycles. The number of anilines is 1. The first-order chi connectivity index (χ1) is 15.8. The molecule has 9 nitrogen and oxygen atoms in total. The molecule has 1 amide bonds. The van der Waals surface area contributed by atoms with Gasteiger partial charge < -0.3 is 20.8 Å². The number of nitrogens with two attached hydrogens (primary N) is 1. The molecule has 2 aliphatic rings. The molecule has 0 radical (unpaired) electrons. The monoisotopic (exact) mass is 462 g/mol. The van der Waals surface area contributed by atoms with Gasteiger partial charge >= 0.3 is 0 Å². The number of rotatable bonds is 8. The minimum atomic E-state index is -2.97. The number of likely N-dealkylation sites (tertiary alicyclic amines) is 1. The van der Waals surface area contributed by atoms with Crippen LogP contribution in [0.5, 0.6) is 5.88 Å². The van der Waals surface area contributed by atoms with Crippen LogP contribution in [-0.4, -0.2) is 57.6 Å². The maximum absolute atomic E-state index is 14.7. The zero-order valence-corrected chi connectivity index (χ0v) is 18.4. The third-order valence-electron chi connectivity index (χ3n) is 6.27. The number of hydrogen-bond donors (Lipinski definition) is 3. The molecule has 1 aliphatic carbocycles. The fourth-order valence-corrected chi connectivity index (χ4v) is 3.88. The number of nitrogens with one attached hydrogen (secondary N) is 2. The van der Waals surface area contributed by atoms with E-state index in [4.69, 9.17) is 10.5 Å². The normalized spacial score (nSPS) is 21.4. The van der Waals surface area contributed by atoms with Crippen LogP contribution in [0.1, 0.15) is 43.2 Å². The van der Waals surface area contributed by atoms with Crippen molar-refractivity contribution in [3.63, 3.8) is 0 Å². The molecule has 3 heterocycles. The van der Waals surface area contributed by atoms with Crippen molar-refractivity contribution in [2.45, 2.75) is 50.6 Å². The Hall–Kier alpha value is -2.92. The third-order valence-corrected chi connectivity index (χ3v) is 6.27. The highest BCUT2D eigenvalue weighted by molar-refractivity contribution is 5.93. The molecule has 2 aromatic heterocycles. The Morgan fingerprint density at radius 2 is 2.18 bits per heavy atom. The predicted molar refractivity (Wildman–Crippen MR) is 117 cm³/mol. The van der Waals surface area contributed by atoms with Gasteiger partial charge in [-0.2, -0.15) is 0 Å². The van der Waals surface area contributed by atoms with Gasteiger partial charge in [0.1, 0.15) is 0 Å². The van der Waals surface area contributed by atoms with Gasteiger partial charge in [-0.15, -0.1) is 10.2 Å². The summed E-state index contributed by atoms with van der Waals surface area (Å²) in [6, 6.07) is 3.99. The molecule has 2 fully saturated rings. The summed E-state index contributed by atoms with van der Waals surface area (Å²) >= 11 is 0. The van der Waals surface area contributed by atoms with Crippen LogP contribution in [0.25, 0.3) is 0 Å². The van der Waals surface area contributed by atoms with Crippen molar-refractivity contribution in [2.75, 3.05) is 25.0 Å². The van der Waals surface area contributed by atoms with E-state index in [9.17, 15) is 18.4 Å². The van der Waals surface area contributed by atoms with E-state index in [1.807, 2.05) is 0 Å². The standard InChI is InChI=1S/C22H28F2N6O3/c1-13(20(31)27-18-4-5-19(29-28-18)33-12-14-2-3-14)30-7-6-22(23,24)17(11-30)16-8-15(9-25)21(32)26-10-16/h4-5,8,10,13-14,17H,2-3,6-7,9,11-12,25H2,1H3,(H,26,32)(H,27,28,31)/t13?,17-/m1/s1. The number of amides is 1. The number of aromatic nitrogens is 3. The maximum Gasteiger partial charge on any atom is 0.257 e. The number of nitrogens with zero attached hydrogens (tertiary/aromatic N) is 3. The first-order valence-electron chi connectivity index (χ1n) is 11.1. The van der Waals surface area contributed by atoms with Gasteiger partial charge in [0.15, 0.2) is 5.82 Å². The van der Waals surface area contributed by atoms with Gasteiger partial charge in [-0.1, -0.05) is 0 Å². The average molecular weight is 463 g/mol. The molecule has 4 N–H and O–H groups in total. The fraction of sp³-hybridized carbons (Fsp3) is 0.545. The summed E-state index contributed by atoms with van der Waals surface area (Å²) in [7, 11) is 0. The number of carbonyl (C=O) groups is 1. The van der Waals surface area contributed by atoms with Crippen LogP contribution in [0.15, 0.2) is 29.2 Å². The lowest BCUT2D eigenvalue weighted by Gasteiger charge is -2.40. The Balaban J connectivity index is 1.40. The Kier molecular flexibility index (Phi) is 6.71. The molecule has 33 heavy (non-hydrogen) atoms. The molecular weight excluding hydrogens is 434 g/mol. The molecule has 11 heteroatoms. The van der Waals surface area contributed by atoms with E-state index >= 15 is 0 Å². The van der Waals surface area contributed by atoms with Gasteiger partial charge in [-0.05, 0) is 43.4 Å². The maximum atomic E-state index is 14.7. The number of piperidine rings is 1. The van der Waals surface area contributed by atoms with E-state index in [1.165, 1.54) is 25.1 Å². The highest BCUT2D eigenvalue weighted by Crippen LogP contribution is 2.40. The lowest BCUT2D eigenvalue weighted by Crippen LogP contribution is -2.52. The van der Waals surface area contributed by atoms with Crippen LogP contribution in [0.4, 0.5) is 14.6 Å². The van der Waals surface area contributed by atoms with E-state index in [0.717, 1.165) is 0 Å². The summed E-state index contributed by atoms with van der Waals surface area (Å²) in [5.41, 5.74) is 5.71. The summed E-state index contributed by atoms with van der Waals surface area (Å²) < 4.78 is 35.0. The highest BCUT2D eigenvalue weighted by atomic mass is 19.3. The molecule has 4 rings (SSSR count). The van der Waals surface area contributed by atoms with Crippen LogP contribution >= 0.6 is 0 Å². The number of hydrogen-bond acceptors (Lipinski definition) is 7. The number of ether oxygens (including phenoxy) is 1. The SMILES string of the molecule is CC(C(=O)Nc1ccc(OCC2CC2)nn1)N1CCC(F)(F)[C@@H](c2c[nH]c(=O)c(CN)c2)C1. The molecule has 1 aliphatic heterocycles. The quantitative estimate of drug-likeness (QED) is 0.547.